The molecule has 0 radical (unpaired) electrons. The number of hydrogen-bond acceptors (Lipinski definition) is 7. The van der Waals surface area contributed by atoms with Crippen LogP contribution in [0.2, 0.25) is 0 Å². The highest BCUT2D eigenvalue weighted by Crippen LogP contribution is 2.28. The van der Waals surface area contributed by atoms with Crippen LogP contribution >= 0.6 is 11.3 Å². The number of nitrogens with one attached hydrogen (secondary N) is 2. The Morgan fingerprint density at radius 2 is 1.73 bits per heavy atom. The molecule has 0 bridgehead atoms. The van der Waals surface area contributed by atoms with Gasteiger partial charge in [-0.15, -0.1) is 0 Å². The quantitative estimate of drug-likeness (QED) is 0.229. The maximum absolute atomic E-state index is 11.4. The van der Waals surface area contributed by atoms with Crippen LogP contribution in [0.4, 0.5) is 5.69 Å². The second-order valence-electron chi connectivity index (χ2n) is 9.06. The molecule has 5 aromatic rings. The van der Waals surface area contributed by atoms with Gasteiger partial charge in [-0.1, -0.05) is 23.5 Å². The molecular formula is C28H28N4O4S. The van der Waals surface area contributed by atoms with Crippen molar-refractivity contribution in [2.75, 3.05) is 5.32 Å². The molecule has 0 aliphatic carbocycles. The number of aromatic amines is 1. The van der Waals surface area contributed by atoms with E-state index in [4.69, 9.17) is 14.5 Å². The minimum Gasteiger partial charge on any atom is -0.494 e. The summed E-state index contributed by atoms with van der Waals surface area (Å²) in [6.45, 7) is 4.52. The zero-order valence-corrected chi connectivity index (χ0v) is 21.6. The van der Waals surface area contributed by atoms with Crippen molar-refractivity contribution in [2.45, 2.75) is 32.9 Å². The molecule has 37 heavy (non-hydrogen) atoms. The number of aromatic hydroxyl groups is 1. The Bertz CT molecular complexity index is 1570. The molecule has 3 aromatic carbocycles. The lowest BCUT2D eigenvalue weighted by molar-refractivity contribution is 0.292. The van der Waals surface area contributed by atoms with Crippen LogP contribution in [0.25, 0.3) is 11.0 Å². The van der Waals surface area contributed by atoms with Crippen LogP contribution in [0.3, 0.4) is 0 Å². The van der Waals surface area contributed by atoms with Gasteiger partial charge in [0, 0.05) is 31.3 Å². The van der Waals surface area contributed by atoms with E-state index in [0.29, 0.717) is 29.7 Å². The average Bonchev–Trinajstić information content (AvgIpc) is 3.36. The molecule has 0 spiro atoms. The minimum absolute atomic E-state index is 0.0671. The molecule has 2 heterocycles. The van der Waals surface area contributed by atoms with E-state index in [0.717, 1.165) is 50.9 Å². The van der Waals surface area contributed by atoms with Crippen LogP contribution in [0.1, 0.15) is 30.1 Å². The third-order valence-corrected chi connectivity index (χ3v) is 6.72. The highest BCUT2D eigenvalue weighted by Gasteiger charge is 2.11. The molecule has 0 aliphatic heterocycles. The summed E-state index contributed by atoms with van der Waals surface area (Å²) in [6, 6.07) is 21.7. The Hall–Kier alpha value is -4.24. The lowest BCUT2D eigenvalue weighted by Crippen LogP contribution is -2.09. The molecule has 5 rings (SSSR count). The molecule has 0 fully saturated rings. The summed E-state index contributed by atoms with van der Waals surface area (Å²) in [5.74, 6) is 2.94. The van der Waals surface area contributed by atoms with E-state index in [9.17, 15) is 9.90 Å². The van der Waals surface area contributed by atoms with Gasteiger partial charge in [0.05, 0.1) is 15.9 Å². The smallest absolute Gasteiger partial charge is 0.307 e. The van der Waals surface area contributed by atoms with Crippen LogP contribution in [0.15, 0.2) is 71.5 Å². The summed E-state index contributed by atoms with van der Waals surface area (Å²) < 4.78 is 14.0. The Balaban J connectivity index is 1.23. The van der Waals surface area contributed by atoms with E-state index in [2.05, 4.69) is 24.1 Å². The summed E-state index contributed by atoms with van der Waals surface area (Å²) >= 11 is 1.01. The van der Waals surface area contributed by atoms with Crippen LogP contribution in [0, 0.1) is 0 Å². The van der Waals surface area contributed by atoms with Gasteiger partial charge in [-0.05, 0) is 67.9 Å². The number of ether oxygens (including phenoxy) is 2. The fourth-order valence-electron chi connectivity index (χ4n) is 4.01. The van der Waals surface area contributed by atoms with Crippen LogP contribution in [-0.4, -0.2) is 25.7 Å². The van der Waals surface area contributed by atoms with Gasteiger partial charge in [0.15, 0.2) is 0 Å². The van der Waals surface area contributed by atoms with Gasteiger partial charge < -0.3 is 24.5 Å². The normalized spacial score (nSPS) is 11.2. The van der Waals surface area contributed by atoms with Crippen molar-refractivity contribution in [1.29, 1.82) is 0 Å². The lowest BCUT2D eigenvalue weighted by Gasteiger charge is -2.11. The summed E-state index contributed by atoms with van der Waals surface area (Å²) in [4.78, 5) is 18.8. The molecule has 0 amide bonds. The molecule has 0 saturated carbocycles. The van der Waals surface area contributed by atoms with Crippen molar-refractivity contribution >= 4 is 28.1 Å². The fourth-order valence-corrected chi connectivity index (χ4v) is 4.77. The van der Waals surface area contributed by atoms with Crippen LogP contribution < -0.4 is 19.7 Å². The second kappa shape index (κ2) is 10.4. The molecule has 8 nitrogen and oxygen atoms in total. The number of hydrogen-bond donors (Lipinski definition) is 3. The predicted molar refractivity (Wildman–Crippen MR) is 146 cm³/mol. The lowest BCUT2D eigenvalue weighted by atomic mass is 10.1. The molecule has 3 N–H and O–H groups in total. The molecule has 2 aromatic heterocycles. The Labute approximate surface area is 218 Å². The first-order chi connectivity index (χ1) is 17.8. The largest absolute Gasteiger partial charge is 0.494 e. The molecule has 0 atom stereocenters. The van der Waals surface area contributed by atoms with Crippen molar-refractivity contribution in [3.63, 3.8) is 0 Å². The third-order valence-electron chi connectivity index (χ3n) is 5.85. The number of rotatable bonds is 9. The molecule has 190 valence electrons. The summed E-state index contributed by atoms with van der Waals surface area (Å²) in [5, 5.41) is 13.2. The number of benzene rings is 3. The molecular weight excluding hydrogens is 488 g/mol. The monoisotopic (exact) mass is 516 g/mol. The number of imidazole rings is 1. The van der Waals surface area contributed by atoms with E-state index in [1.165, 1.54) is 0 Å². The van der Waals surface area contributed by atoms with E-state index >= 15 is 0 Å². The first-order valence-electron chi connectivity index (χ1n) is 12.0. The molecule has 9 heteroatoms. The van der Waals surface area contributed by atoms with Gasteiger partial charge in [-0.3, -0.25) is 9.78 Å². The van der Waals surface area contributed by atoms with Crippen molar-refractivity contribution in [2.24, 2.45) is 7.05 Å². The fraction of sp³-hybridized carbons (Fsp3) is 0.214. The van der Waals surface area contributed by atoms with E-state index < -0.39 is 0 Å². The number of aromatic nitrogens is 3. The molecule has 0 saturated heterocycles. The van der Waals surface area contributed by atoms with Gasteiger partial charge in [0.25, 0.3) is 0 Å². The molecule has 0 unspecified atom stereocenters. The predicted octanol–water partition coefficient (Wildman–Crippen LogP) is 5.81. The van der Waals surface area contributed by atoms with Gasteiger partial charge in [-0.25, -0.2) is 4.98 Å². The first-order valence-corrected chi connectivity index (χ1v) is 12.8. The highest BCUT2D eigenvalue weighted by atomic mass is 32.1. The SMILES string of the molecule is CC(C)Nc1ccc(Oc2ccc3nc(COc4ccc(Cc5sc(=O)[nH]c5O)cc4)n(C)c3c2)cc1. The number of thiazole rings is 1. The summed E-state index contributed by atoms with van der Waals surface area (Å²) in [7, 11) is 1.96. The number of aryl methyl sites for hydroxylation is 1. The summed E-state index contributed by atoms with van der Waals surface area (Å²) in [6.07, 6.45) is 0.476. The molecule has 0 aliphatic rings. The Kier molecular flexibility index (Phi) is 6.87. The van der Waals surface area contributed by atoms with Crippen molar-refractivity contribution < 1.29 is 14.6 Å². The summed E-state index contributed by atoms with van der Waals surface area (Å²) in [5.41, 5.74) is 3.85. The minimum atomic E-state index is -0.262. The maximum atomic E-state index is 11.4. The van der Waals surface area contributed by atoms with Crippen molar-refractivity contribution in [3.05, 3.63) is 92.7 Å². The highest BCUT2D eigenvalue weighted by molar-refractivity contribution is 7.09. The standard InChI is InChI=1S/C28H28N4O4S/c1-17(2)29-19-6-10-21(11-7-19)36-22-12-13-23-24(15-22)32(3)26(30-23)16-35-20-8-4-18(5-9-20)14-25-27(33)31-28(34)37-25/h4-13,15,17,29,33H,14,16H2,1-3H3,(H,31,34). The van der Waals surface area contributed by atoms with E-state index in [-0.39, 0.29) is 10.8 Å². The van der Waals surface area contributed by atoms with Crippen molar-refractivity contribution in [1.82, 2.24) is 14.5 Å². The number of nitrogens with zero attached hydrogens (tertiary/aromatic N) is 2. The second-order valence-corrected chi connectivity index (χ2v) is 10.1. The van der Waals surface area contributed by atoms with Gasteiger partial charge in [-0.2, -0.15) is 0 Å². The van der Waals surface area contributed by atoms with E-state index in [1.807, 2.05) is 78.3 Å². The topological polar surface area (TPSA) is 101 Å². The van der Waals surface area contributed by atoms with Gasteiger partial charge in [0.1, 0.15) is 29.7 Å². The first kappa shape index (κ1) is 24.5. The average molecular weight is 517 g/mol. The van der Waals surface area contributed by atoms with Crippen LogP contribution in [-0.2, 0) is 20.1 Å². The number of anilines is 1. The third kappa shape index (κ3) is 5.78. The van der Waals surface area contributed by atoms with E-state index in [1.54, 1.807) is 0 Å². The van der Waals surface area contributed by atoms with Crippen molar-refractivity contribution in [3.8, 4) is 23.1 Å². The Morgan fingerprint density at radius 1 is 1.03 bits per heavy atom. The van der Waals surface area contributed by atoms with Gasteiger partial charge >= 0.3 is 4.87 Å². The zero-order chi connectivity index (χ0) is 25.9. The number of fused-ring (bicyclic) bond motifs is 1. The maximum Gasteiger partial charge on any atom is 0.307 e. The zero-order valence-electron chi connectivity index (χ0n) is 20.8. The number of H-pyrrole nitrogens is 1. The van der Waals surface area contributed by atoms with Crippen LogP contribution in [0.5, 0.6) is 23.1 Å². The Morgan fingerprint density at radius 3 is 2.41 bits per heavy atom. The van der Waals surface area contributed by atoms with Gasteiger partial charge in [0.2, 0.25) is 5.88 Å².